The third kappa shape index (κ3) is 1.20. The maximum absolute atomic E-state index is 10.7. The molecule has 0 aliphatic heterocycles. The second kappa shape index (κ2) is 2.78. The second-order valence-electron chi connectivity index (χ2n) is 2.56. The van der Waals surface area contributed by atoms with Crippen molar-refractivity contribution in [1.29, 1.82) is 0 Å². The van der Waals surface area contributed by atoms with E-state index in [0.717, 1.165) is 5.56 Å². The Morgan fingerprint density at radius 3 is 3.00 bits per heavy atom. The van der Waals surface area contributed by atoms with Crippen molar-refractivity contribution in [1.82, 2.24) is 15.2 Å². The van der Waals surface area contributed by atoms with E-state index in [2.05, 4.69) is 15.2 Å². The van der Waals surface area contributed by atoms with Crippen LogP contribution in [0.15, 0.2) is 24.7 Å². The van der Waals surface area contributed by atoms with Crippen LogP contribution in [-0.4, -0.2) is 26.3 Å². The molecule has 0 radical (unpaired) electrons. The number of hydrogen-bond acceptors (Lipinski definition) is 2. The van der Waals surface area contributed by atoms with Crippen LogP contribution in [0, 0.1) is 0 Å². The number of rotatable bonds is 2. The van der Waals surface area contributed by atoms with Gasteiger partial charge in [0.05, 0.1) is 11.9 Å². The number of H-pyrrole nitrogens is 2. The van der Waals surface area contributed by atoms with Gasteiger partial charge in [-0.1, -0.05) is 0 Å². The van der Waals surface area contributed by atoms with Crippen molar-refractivity contribution < 1.29 is 9.90 Å². The Morgan fingerprint density at radius 1 is 1.54 bits per heavy atom. The molecule has 0 bridgehead atoms. The van der Waals surface area contributed by atoms with Gasteiger partial charge in [0.2, 0.25) is 0 Å². The average Bonchev–Trinajstić information content (AvgIpc) is 2.74. The highest BCUT2D eigenvalue weighted by molar-refractivity contribution is 5.94. The Hall–Kier alpha value is -2.04. The number of aromatic carboxylic acids is 1. The molecule has 0 unspecified atom stereocenters. The first-order valence-corrected chi connectivity index (χ1v) is 3.69. The summed E-state index contributed by atoms with van der Waals surface area (Å²) in [6.45, 7) is 0. The SMILES string of the molecule is O=C(O)c1cn[nH]c1-c1cc[nH]c1. The largest absolute Gasteiger partial charge is 0.478 e. The fourth-order valence-corrected chi connectivity index (χ4v) is 1.15. The molecule has 0 atom stereocenters. The smallest absolute Gasteiger partial charge is 0.339 e. The zero-order valence-corrected chi connectivity index (χ0v) is 6.61. The lowest BCUT2D eigenvalue weighted by Crippen LogP contribution is -1.95. The van der Waals surface area contributed by atoms with Crippen LogP contribution in [0.3, 0.4) is 0 Å². The molecule has 0 aliphatic carbocycles. The van der Waals surface area contributed by atoms with Gasteiger partial charge in [0.25, 0.3) is 0 Å². The molecule has 5 nitrogen and oxygen atoms in total. The highest BCUT2D eigenvalue weighted by Gasteiger charge is 2.13. The van der Waals surface area contributed by atoms with Crippen LogP contribution in [0.5, 0.6) is 0 Å². The Labute approximate surface area is 73.4 Å². The van der Waals surface area contributed by atoms with Crippen molar-refractivity contribution in [3.8, 4) is 11.3 Å². The molecule has 2 heterocycles. The van der Waals surface area contributed by atoms with Gasteiger partial charge in [-0.05, 0) is 6.07 Å². The summed E-state index contributed by atoms with van der Waals surface area (Å²) in [5.41, 5.74) is 1.49. The molecule has 0 aromatic carbocycles. The molecule has 0 fully saturated rings. The van der Waals surface area contributed by atoms with Crippen LogP contribution >= 0.6 is 0 Å². The first-order valence-electron chi connectivity index (χ1n) is 3.69. The summed E-state index contributed by atoms with van der Waals surface area (Å²) in [6.07, 6.45) is 4.73. The number of carboxylic acid groups (broad SMARTS) is 1. The van der Waals surface area contributed by atoms with Gasteiger partial charge in [-0.25, -0.2) is 4.79 Å². The quantitative estimate of drug-likeness (QED) is 0.642. The Kier molecular flexibility index (Phi) is 1.63. The number of hydrogen-bond donors (Lipinski definition) is 3. The van der Waals surface area contributed by atoms with Crippen LogP contribution in [-0.2, 0) is 0 Å². The monoisotopic (exact) mass is 177 g/mol. The van der Waals surface area contributed by atoms with E-state index < -0.39 is 5.97 Å². The van der Waals surface area contributed by atoms with Crippen molar-refractivity contribution in [2.75, 3.05) is 0 Å². The zero-order valence-electron chi connectivity index (χ0n) is 6.61. The molecule has 2 aromatic heterocycles. The van der Waals surface area contributed by atoms with Crippen molar-refractivity contribution in [3.63, 3.8) is 0 Å². The van der Waals surface area contributed by atoms with Gasteiger partial charge in [-0.3, -0.25) is 5.10 Å². The van der Waals surface area contributed by atoms with Gasteiger partial charge >= 0.3 is 5.97 Å². The topological polar surface area (TPSA) is 81.8 Å². The number of nitrogens with one attached hydrogen (secondary N) is 2. The molecule has 2 aromatic rings. The first kappa shape index (κ1) is 7.60. The van der Waals surface area contributed by atoms with Crippen molar-refractivity contribution in [2.45, 2.75) is 0 Å². The third-order valence-corrected chi connectivity index (χ3v) is 1.76. The zero-order chi connectivity index (χ0) is 9.26. The number of carboxylic acids is 1. The maximum Gasteiger partial charge on any atom is 0.339 e. The average molecular weight is 177 g/mol. The summed E-state index contributed by atoms with van der Waals surface area (Å²) in [5.74, 6) is -0.982. The van der Waals surface area contributed by atoms with Crippen LogP contribution in [0.2, 0.25) is 0 Å². The van der Waals surface area contributed by atoms with E-state index >= 15 is 0 Å². The molecular formula is C8H7N3O2. The van der Waals surface area contributed by atoms with Crippen molar-refractivity contribution >= 4 is 5.97 Å². The molecular weight excluding hydrogens is 170 g/mol. The van der Waals surface area contributed by atoms with E-state index in [1.165, 1.54) is 6.20 Å². The van der Waals surface area contributed by atoms with Gasteiger partial charge in [-0.2, -0.15) is 5.10 Å². The van der Waals surface area contributed by atoms with Crippen LogP contribution in [0.25, 0.3) is 11.3 Å². The maximum atomic E-state index is 10.7. The van der Waals surface area contributed by atoms with Gasteiger partial charge in [0.15, 0.2) is 0 Å². The molecule has 66 valence electrons. The summed E-state index contributed by atoms with van der Waals surface area (Å²) < 4.78 is 0. The lowest BCUT2D eigenvalue weighted by atomic mass is 10.1. The van der Waals surface area contributed by atoms with Crippen molar-refractivity contribution in [3.05, 3.63) is 30.2 Å². The molecule has 0 spiro atoms. The minimum Gasteiger partial charge on any atom is -0.478 e. The summed E-state index contributed by atoms with van der Waals surface area (Å²) in [7, 11) is 0. The lowest BCUT2D eigenvalue weighted by Gasteiger charge is -1.93. The molecule has 2 rings (SSSR count). The third-order valence-electron chi connectivity index (χ3n) is 1.76. The predicted octanol–water partition coefficient (Wildman–Crippen LogP) is 1.10. The van der Waals surface area contributed by atoms with Crippen molar-refractivity contribution in [2.24, 2.45) is 0 Å². The van der Waals surface area contributed by atoms with E-state index in [1.54, 1.807) is 18.5 Å². The molecule has 0 saturated heterocycles. The standard InChI is InChI=1S/C8H7N3O2/c12-8(13)6-4-10-11-7(6)5-1-2-9-3-5/h1-4,9H,(H,10,11)(H,12,13). The number of aromatic nitrogens is 3. The van der Waals surface area contributed by atoms with Gasteiger partial charge in [-0.15, -0.1) is 0 Å². The molecule has 13 heavy (non-hydrogen) atoms. The fraction of sp³-hybridized carbons (Fsp3) is 0. The summed E-state index contributed by atoms with van der Waals surface area (Å²) >= 11 is 0. The number of nitrogens with zero attached hydrogens (tertiary/aromatic N) is 1. The minimum atomic E-state index is -0.982. The van der Waals surface area contributed by atoms with Gasteiger partial charge in [0, 0.05) is 18.0 Å². The van der Waals surface area contributed by atoms with E-state index in [4.69, 9.17) is 5.11 Å². The Morgan fingerprint density at radius 2 is 2.38 bits per heavy atom. The van der Waals surface area contributed by atoms with E-state index in [1.807, 2.05) is 0 Å². The molecule has 0 aliphatic rings. The minimum absolute atomic E-state index is 0.180. The van der Waals surface area contributed by atoms with E-state index in [9.17, 15) is 4.79 Å². The normalized spacial score (nSPS) is 10.2. The van der Waals surface area contributed by atoms with Gasteiger partial charge < -0.3 is 10.1 Å². The summed E-state index contributed by atoms with van der Waals surface area (Å²) in [5, 5.41) is 15.1. The lowest BCUT2D eigenvalue weighted by molar-refractivity contribution is 0.0698. The summed E-state index contributed by atoms with van der Waals surface area (Å²) in [6, 6.07) is 1.78. The van der Waals surface area contributed by atoms with Crippen LogP contribution in [0.4, 0.5) is 0 Å². The summed E-state index contributed by atoms with van der Waals surface area (Å²) in [4.78, 5) is 13.6. The number of carbonyl (C=O) groups is 1. The fourth-order valence-electron chi connectivity index (χ4n) is 1.15. The highest BCUT2D eigenvalue weighted by Crippen LogP contribution is 2.19. The predicted molar refractivity (Wildman–Crippen MR) is 45.3 cm³/mol. The Bertz CT molecular complexity index is 416. The molecule has 0 amide bonds. The van der Waals surface area contributed by atoms with Crippen LogP contribution in [0.1, 0.15) is 10.4 Å². The number of aromatic amines is 2. The molecule has 3 N–H and O–H groups in total. The van der Waals surface area contributed by atoms with E-state index in [-0.39, 0.29) is 5.56 Å². The second-order valence-corrected chi connectivity index (χ2v) is 2.56. The van der Waals surface area contributed by atoms with Crippen LogP contribution < -0.4 is 0 Å². The van der Waals surface area contributed by atoms with E-state index in [0.29, 0.717) is 5.69 Å². The Balaban J connectivity index is 2.52. The molecule has 0 saturated carbocycles. The first-order chi connectivity index (χ1) is 6.29. The highest BCUT2D eigenvalue weighted by atomic mass is 16.4. The molecule has 5 heteroatoms. The van der Waals surface area contributed by atoms with Gasteiger partial charge in [0.1, 0.15) is 5.56 Å².